The molecule has 1 aliphatic heterocycles. The quantitative estimate of drug-likeness (QED) is 0.337. The van der Waals surface area contributed by atoms with Gasteiger partial charge in [-0.3, -0.25) is 4.79 Å². The Morgan fingerprint density at radius 3 is 2.77 bits per heavy atom. The van der Waals surface area contributed by atoms with Gasteiger partial charge in [0.05, 0.1) is 16.1 Å². The Labute approximate surface area is 192 Å². The molecule has 0 aliphatic carbocycles. The number of benzene rings is 1. The molecule has 1 aliphatic rings. The number of carbonyl (C=O) groups excluding carboxylic acids is 1. The molecule has 0 saturated carbocycles. The van der Waals surface area contributed by atoms with Crippen molar-refractivity contribution in [2.45, 2.75) is 48.7 Å². The molecule has 2 aromatic rings. The van der Waals surface area contributed by atoms with E-state index in [1.807, 2.05) is 6.92 Å². The molecule has 1 fully saturated rings. The molecule has 1 aromatic heterocycles. The third-order valence-electron chi connectivity index (χ3n) is 5.03. The molecule has 166 valence electrons. The molecule has 1 aromatic carbocycles. The summed E-state index contributed by atoms with van der Waals surface area (Å²) in [5, 5.41) is 3.26. The summed E-state index contributed by atoms with van der Waals surface area (Å²) in [6.45, 7) is 6.19. The number of sulfonamides is 1. The monoisotopic (exact) mass is 480 g/mol. The van der Waals surface area contributed by atoms with Gasteiger partial charge in [0.25, 0.3) is 5.91 Å². The predicted octanol–water partition coefficient (Wildman–Crippen LogP) is 4.61. The van der Waals surface area contributed by atoms with Gasteiger partial charge in [-0.05, 0) is 43.5 Å². The molecular formula is C21H25ClN4O3S2. The largest absolute Gasteiger partial charge is 0.321 e. The van der Waals surface area contributed by atoms with Crippen molar-refractivity contribution in [2.24, 2.45) is 0 Å². The Morgan fingerprint density at radius 2 is 2.10 bits per heavy atom. The number of anilines is 1. The van der Waals surface area contributed by atoms with Crippen LogP contribution in [0.2, 0.25) is 5.02 Å². The number of carbonyl (C=O) groups is 1. The Kier molecular flexibility index (Phi) is 8.10. The lowest BCUT2D eigenvalue weighted by Gasteiger charge is -2.34. The van der Waals surface area contributed by atoms with Crippen molar-refractivity contribution in [2.75, 3.05) is 17.6 Å². The fourth-order valence-corrected chi connectivity index (χ4v) is 5.94. The van der Waals surface area contributed by atoms with E-state index in [4.69, 9.17) is 11.6 Å². The molecule has 1 amide bonds. The van der Waals surface area contributed by atoms with E-state index in [9.17, 15) is 13.2 Å². The molecule has 31 heavy (non-hydrogen) atoms. The van der Waals surface area contributed by atoms with Crippen LogP contribution in [-0.2, 0) is 10.0 Å². The zero-order valence-electron chi connectivity index (χ0n) is 17.3. The first-order chi connectivity index (χ1) is 14.9. The molecule has 1 atom stereocenters. The number of amides is 1. The molecule has 0 unspecified atom stereocenters. The standard InChI is InChI=1S/C21H25ClN4O3S2/c1-3-13-30-21-23-14-18(22)19(25-21)20(27)24-15-8-10-17(11-9-15)31(28,29)26-12-6-5-7-16(26)4-2/h3,8-11,14,16H,1,4-7,12-13H2,2H3,(H,24,27)/t16-/m0/s1. The third kappa shape index (κ3) is 5.65. The van der Waals surface area contributed by atoms with E-state index in [0.717, 1.165) is 25.7 Å². The van der Waals surface area contributed by atoms with Crippen LogP contribution in [0.5, 0.6) is 0 Å². The summed E-state index contributed by atoms with van der Waals surface area (Å²) in [7, 11) is -3.57. The Morgan fingerprint density at radius 1 is 1.35 bits per heavy atom. The summed E-state index contributed by atoms with van der Waals surface area (Å²) in [5.41, 5.74) is 0.503. The fraction of sp³-hybridized carbons (Fsp3) is 0.381. The van der Waals surface area contributed by atoms with Crippen molar-refractivity contribution >= 4 is 45.0 Å². The molecule has 0 bridgehead atoms. The molecule has 1 N–H and O–H groups in total. The van der Waals surface area contributed by atoms with Crippen LogP contribution < -0.4 is 5.32 Å². The van der Waals surface area contributed by atoms with E-state index in [2.05, 4.69) is 21.9 Å². The van der Waals surface area contributed by atoms with Crippen LogP contribution in [0.3, 0.4) is 0 Å². The topological polar surface area (TPSA) is 92.3 Å². The second-order valence-corrected chi connectivity index (χ2v) is 10.4. The van der Waals surface area contributed by atoms with Crippen molar-refractivity contribution in [1.29, 1.82) is 0 Å². The highest BCUT2D eigenvalue weighted by Gasteiger charge is 2.32. The second-order valence-electron chi connectivity index (χ2n) is 7.10. The van der Waals surface area contributed by atoms with Crippen molar-refractivity contribution in [3.8, 4) is 0 Å². The zero-order chi connectivity index (χ0) is 22.4. The number of nitrogens with one attached hydrogen (secondary N) is 1. The van der Waals surface area contributed by atoms with Crippen LogP contribution in [0.25, 0.3) is 0 Å². The SMILES string of the molecule is C=CCSc1ncc(Cl)c(C(=O)Nc2ccc(S(=O)(=O)N3CCCC[C@@H]3CC)cc2)n1. The van der Waals surface area contributed by atoms with Gasteiger partial charge >= 0.3 is 0 Å². The number of hydrogen-bond acceptors (Lipinski definition) is 6. The predicted molar refractivity (Wildman–Crippen MR) is 124 cm³/mol. The van der Waals surface area contributed by atoms with Crippen molar-refractivity contribution in [1.82, 2.24) is 14.3 Å². The van der Waals surface area contributed by atoms with Crippen molar-refractivity contribution in [3.05, 3.63) is 53.8 Å². The average Bonchev–Trinajstić information content (AvgIpc) is 2.78. The van der Waals surface area contributed by atoms with E-state index in [1.54, 1.807) is 22.5 Å². The van der Waals surface area contributed by atoms with E-state index >= 15 is 0 Å². The minimum atomic E-state index is -3.57. The smallest absolute Gasteiger partial charge is 0.275 e. The van der Waals surface area contributed by atoms with Crippen molar-refractivity contribution in [3.63, 3.8) is 0 Å². The summed E-state index contributed by atoms with van der Waals surface area (Å²) in [4.78, 5) is 21.1. The van der Waals surface area contributed by atoms with Gasteiger partial charge in [0, 0.05) is 24.0 Å². The van der Waals surface area contributed by atoms with Gasteiger partial charge in [-0.1, -0.05) is 42.8 Å². The maximum Gasteiger partial charge on any atom is 0.275 e. The Hall–Kier alpha value is -1.94. The summed E-state index contributed by atoms with van der Waals surface area (Å²) < 4.78 is 27.8. The number of thioether (sulfide) groups is 1. The summed E-state index contributed by atoms with van der Waals surface area (Å²) in [5.74, 6) is 0.111. The van der Waals surface area contributed by atoms with Crippen LogP contribution in [-0.4, -0.2) is 46.9 Å². The summed E-state index contributed by atoms with van der Waals surface area (Å²) in [6, 6.07) is 6.19. The number of hydrogen-bond donors (Lipinski definition) is 1. The van der Waals surface area contributed by atoms with Gasteiger partial charge in [0.2, 0.25) is 10.0 Å². The maximum atomic E-state index is 13.1. The van der Waals surface area contributed by atoms with Crippen LogP contribution in [0.1, 0.15) is 43.1 Å². The first kappa shape index (κ1) is 23.7. The number of halogens is 1. The minimum Gasteiger partial charge on any atom is -0.321 e. The van der Waals surface area contributed by atoms with E-state index < -0.39 is 15.9 Å². The van der Waals surface area contributed by atoms with Crippen LogP contribution in [0.4, 0.5) is 5.69 Å². The number of aromatic nitrogens is 2. The lowest BCUT2D eigenvalue weighted by atomic mass is 10.0. The first-order valence-corrected chi connectivity index (χ1v) is 12.9. The van der Waals surface area contributed by atoms with Crippen molar-refractivity contribution < 1.29 is 13.2 Å². The third-order valence-corrected chi connectivity index (χ3v) is 8.13. The van der Waals surface area contributed by atoms with Gasteiger partial charge in [0.1, 0.15) is 0 Å². The Bertz CT molecular complexity index is 1050. The zero-order valence-corrected chi connectivity index (χ0v) is 19.6. The Balaban J connectivity index is 1.75. The highest BCUT2D eigenvalue weighted by Crippen LogP contribution is 2.28. The maximum absolute atomic E-state index is 13.1. The summed E-state index contributed by atoms with van der Waals surface area (Å²) >= 11 is 7.43. The highest BCUT2D eigenvalue weighted by molar-refractivity contribution is 7.99. The van der Waals surface area contributed by atoms with Crippen LogP contribution >= 0.6 is 23.4 Å². The second kappa shape index (κ2) is 10.6. The number of nitrogens with zero attached hydrogens (tertiary/aromatic N) is 3. The molecule has 10 heteroatoms. The van der Waals surface area contributed by atoms with Gasteiger partial charge < -0.3 is 5.32 Å². The minimum absolute atomic E-state index is 0.0335. The van der Waals surface area contributed by atoms with Crippen LogP contribution in [0, 0.1) is 0 Å². The van der Waals surface area contributed by atoms with Gasteiger partial charge in [0.15, 0.2) is 10.9 Å². The molecular weight excluding hydrogens is 456 g/mol. The van der Waals surface area contributed by atoms with Gasteiger partial charge in [-0.15, -0.1) is 6.58 Å². The lowest BCUT2D eigenvalue weighted by Crippen LogP contribution is -2.43. The van der Waals surface area contributed by atoms with Gasteiger partial charge in [-0.2, -0.15) is 4.31 Å². The van der Waals surface area contributed by atoms with Crippen LogP contribution in [0.15, 0.2) is 53.2 Å². The van der Waals surface area contributed by atoms with E-state index in [1.165, 1.54) is 30.1 Å². The normalized spacial score (nSPS) is 17.3. The number of piperidine rings is 1. The molecule has 1 saturated heterocycles. The molecule has 2 heterocycles. The fourth-order valence-electron chi connectivity index (χ4n) is 3.45. The van der Waals surface area contributed by atoms with Gasteiger partial charge in [-0.25, -0.2) is 18.4 Å². The summed E-state index contributed by atoms with van der Waals surface area (Å²) in [6.07, 6.45) is 6.69. The first-order valence-electron chi connectivity index (χ1n) is 10.1. The van der Waals surface area contributed by atoms with E-state index in [-0.39, 0.29) is 21.7 Å². The van der Waals surface area contributed by atoms with E-state index in [0.29, 0.717) is 23.1 Å². The molecule has 0 spiro atoms. The highest BCUT2D eigenvalue weighted by atomic mass is 35.5. The molecule has 7 nitrogen and oxygen atoms in total. The lowest BCUT2D eigenvalue weighted by molar-refractivity contribution is 0.102. The average molecular weight is 481 g/mol. The molecule has 3 rings (SSSR count). The molecule has 0 radical (unpaired) electrons. The number of rotatable bonds is 8.